The Hall–Kier alpha value is -1.14. The van der Waals surface area contributed by atoms with Crippen molar-refractivity contribution in [3.8, 4) is 0 Å². The summed E-state index contributed by atoms with van der Waals surface area (Å²) in [6.45, 7) is 4.33. The molecule has 0 atom stereocenters. The highest BCUT2D eigenvalue weighted by molar-refractivity contribution is 7.09. The van der Waals surface area contributed by atoms with Crippen LogP contribution in [0.25, 0.3) is 0 Å². The zero-order valence-corrected chi connectivity index (χ0v) is 12.3. The fourth-order valence-electron chi connectivity index (χ4n) is 2.68. The summed E-state index contributed by atoms with van der Waals surface area (Å²) in [5.41, 5.74) is 6.42. The van der Waals surface area contributed by atoms with E-state index in [0.29, 0.717) is 6.54 Å². The molecule has 0 saturated heterocycles. The van der Waals surface area contributed by atoms with Gasteiger partial charge in [0.2, 0.25) is 5.91 Å². The van der Waals surface area contributed by atoms with Crippen molar-refractivity contribution in [3.05, 3.63) is 20.2 Å². The molecule has 0 unspecified atom stereocenters. The number of hydrogen-bond donors (Lipinski definition) is 2. The number of amides is 1. The van der Waals surface area contributed by atoms with Gasteiger partial charge in [0.25, 0.3) is 0 Å². The molecule has 106 valence electrons. The molecule has 6 heteroatoms. The second-order valence-electron chi connectivity index (χ2n) is 5.34. The minimum atomic E-state index is -0.250. The number of hydrogen-bond acceptors (Lipinski definition) is 4. The van der Waals surface area contributed by atoms with Gasteiger partial charge < -0.3 is 11.1 Å². The first-order valence-corrected chi connectivity index (χ1v) is 7.47. The van der Waals surface area contributed by atoms with E-state index in [-0.39, 0.29) is 22.9 Å². The van der Waals surface area contributed by atoms with Crippen molar-refractivity contribution in [3.63, 3.8) is 0 Å². The van der Waals surface area contributed by atoms with Crippen molar-refractivity contribution in [1.82, 2.24) is 9.88 Å². The molecule has 0 radical (unpaired) electrons. The molecule has 0 aromatic carbocycles. The van der Waals surface area contributed by atoms with Crippen LogP contribution in [-0.2, 0) is 11.3 Å². The predicted molar refractivity (Wildman–Crippen MR) is 76.4 cm³/mol. The molecule has 1 heterocycles. The predicted octanol–water partition coefficient (Wildman–Crippen LogP) is 0.914. The van der Waals surface area contributed by atoms with E-state index >= 15 is 0 Å². The number of thiazole rings is 1. The number of rotatable bonds is 4. The Morgan fingerprint density at radius 2 is 2.05 bits per heavy atom. The summed E-state index contributed by atoms with van der Waals surface area (Å²) < 4.78 is 1.54. The van der Waals surface area contributed by atoms with Gasteiger partial charge in [0.15, 0.2) is 0 Å². The van der Waals surface area contributed by atoms with Crippen LogP contribution >= 0.6 is 11.3 Å². The van der Waals surface area contributed by atoms with E-state index < -0.39 is 0 Å². The number of carbonyl (C=O) groups is 1. The van der Waals surface area contributed by atoms with Crippen molar-refractivity contribution < 1.29 is 4.79 Å². The summed E-state index contributed by atoms with van der Waals surface area (Å²) in [6.07, 6.45) is 4.08. The van der Waals surface area contributed by atoms with Crippen molar-refractivity contribution in [2.45, 2.75) is 51.6 Å². The largest absolute Gasteiger partial charge is 0.348 e. The number of nitrogens with two attached hydrogens (primary N) is 1. The van der Waals surface area contributed by atoms with Gasteiger partial charge in [-0.1, -0.05) is 24.2 Å². The zero-order chi connectivity index (χ0) is 14.0. The van der Waals surface area contributed by atoms with Crippen molar-refractivity contribution in [1.29, 1.82) is 0 Å². The second kappa shape index (κ2) is 5.46. The van der Waals surface area contributed by atoms with Gasteiger partial charge in [-0.25, -0.2) is 0 Å². The zero-order valence-electron chi connectivity index (χ0n) is 11.5. The molecule has 1 amide bonds. The Morgan fingerprint density at radius 3 is 2.53 bits per heavy atom. The molecule has 3 N–H and O–H groups in total. The quantitative estimate of drug-likeness (QED) is 0.862. The molecule has 2 rings (SSSR count). The SMILES string of the molecule is Cc1sc(=O)n(CC(=O)NC2(CN)CCCC2)c1C. The fourth-order valence-corrected chi connectivity index (χ4v) is 3.51. The molecular formula is C13H21N3O2S. The monoisotopic (exact) mass is 283 g/mol. The summed E-state index contributed by atoms with van der Waals surface area (Å²) >= 11 is 1.19. The number of nitrogens with one attached hydrogen (secondary N) is 1. The summed E-state index contributed by atoms with van der Waals surface area (Å²) in [4.78, 5) is 24.8. The first-order chi connectivity index (χ1) is 8.97. The fraction of sp³-hybridized carbons (Fsp3) is 0.692. The minimum Gasteiger partial charge on any atom is -0.348 e. The van der Waals surface area contributed by atoms with E-state index in [0.717, 1.165) is 36.3 Å². The van der Waals surface area contributed by atoms with Gasteiger partial charge in [-0.15, -0.1) is 0 Å². The van der Waals surface area contributed by atoms with E-state index in [4.69, 9.17) is 5.73 Å². The maximum absolute atomic E-state index is 12.1. The molecular weight excluding hydrogens is 262 g/mol. The molecule has 0 bridgehead atoms. The third-order valence-electron chi connectivity index (χ3n) is 4.03. The molecule has 0 aliphatic heterocycles. The average molecular weight is 283 g/mol. The van der Waals surface area contributed by atoms with Crippen LogP contribution in [0.1, 0.15) is 36.3 Å². The van der Waals surface area contributed by atoms with E-state index in [1.165, 1.54) is 15.9 Å². The molecule has 19 heavy (non-hydrogen) atoms. The van der Waals surface area contributed by atoms with Gasteiger partial charge in [-0.2, -0.15) is 0 Å². The van der Waals surface area contributed by atoms with Gasteiger partial charge in [0, 0.05) is 17.1 Å². The first kappa shape index (κ1) is 14.3. The van der Waals surface area contributed by atoms with Gasteiger partial charge >= 0.3 is 4.87 Å². The third-order valence-corrected chi connectivity index (χ3v) is 5.03. The van der Waals surface area contributed by atoms with E-state index in [1.807, 2.05) is 13.8 Å². The highest BCUT2D eigenvalue weighted by Crippen LogP contribution is 2.28. The Bertz CT molecular complexity index is 526. The lowest BCUT2D eigenvalue weighted by molar-refractivity contribution is -0.123. The van der Waals surface area contributed by atoms with E-state index in [1.54, 1.807) is 0 Å². The standard InChI is InChI=1S/C13H21N3O2S/c1-9-10(2)19-12(18)16(9)7-11(17)15-13(8-14)5-3-4-6-13/h3-8,14H2,1-2H3,(H,15,17). The van der Waals surface area contributed by atoms with Crippen LogP contribution in [0.2, 0.25) is 0 Å². The van der Waals surface area contributed by atoms with Crippen LogP contribution in [0.4, 0.5) is 0 Å². The van der Waals surface area contributed by atoms with E-state index in [9.17, 15) is 9.59 Å². The molecule has 1 saturated carbocycles. The maximum Gasteiger partial charge on any atom is 0.308 e. The highest BCUT2D eigenvalue weighted by Gasteiger charge is 2.33. The van der Waals surface area contributed by atoms with Gasteiger partial charge in [-0.3, -0.25) is 14.2 Å². The Morgan fingerprint density at radius 1 is 1.42 bits per heavy atom. The number of aromatic nitrogens is 1. The van der Waals surface area contributed by atoms with Crippen LogP contribution in [0.3, 0.4) is 0 Å². The molecule has 1 aromatic heterocycles. The summed E-state index contributed by atoms with van der Waals surface area (Å²) in [7, 11) is 0. The van der Waals surface area contributed by atoms with E-state index in [2.05, 4.69) is 5.32 Å². The molecule has 5 nitrogen and oxygen atoms in total. The van der Waals surface area contributed by atoms with Crippen LogP contribution in [0.15, 0.2) is 4.79 Å². The van der Waals surface area contributed by atoms with Gasteiger partial charge in [0.05, 0.1) is 5.54 Å². The Labute approximate surface area is 116 Å². The van der Waals surface area contributed by atoms with Crippen molar-refractivity contribution in [2.24, 2.45) is 5.73 Å². The average Bonchev–Trinajstić information content (AvgIpc) is 2.91. The summed E-state index contributed by atoms with van der Waals surface area (Å²) in [6, 6.07) is 0. The summed E-state index contributed by atoms with van der Waals surface area (Å²) in [5, 5.41) is 3.04. The Kier molecular flexibility index (Phi) is 4.10. The van der Waals surface area contributed by atoms with Crippen LogP contribution in [0.5, 0.6) is 0 Å². The molecule has 1 aliphatic carbocycles. The van der Waals surface area contributed by atoms with Crippen molar-refractivity contribution in [2.75, 3.05) is 6.54 Å². The maximum atomic E-state index is 12.1. The second-order valence-corrected chi connectivity index (χ2v) is 6.50. The van der Waals surface area contributed by atoms with Gasteiger partial charge in [0.1, 0.15) is 6.54 Å². The number of carbonyl (C=O) groups excluding carboxylic acids is 1. The van der Waals surface area contributed by atoms with Crippen LogP contribution in [0, 0.1) is 13.8 Å². The van der Waals surface area contributed by atoms with Crippen LogP contribution in [-0.4, -0.2) is 22.6 Å². The lowest BCUT2D eigenvalue weighted by Crippen LogP contribution is -2.52. The highest BCUT2D eigenvalue weighted by atomic mass is 32.1. The number of nitrogens with zero attached hydrogens (tertiary/aromatic N) is 1. The van der Waals surface area contributed by atoms with Crippen molar-refractivity contribution >= 4 is 17.2 Å². The van der Waals surface area contributed by atoms with Gasteiger partial charge in [-0.05, 0) is 26.7 Å². The Balaban J connectivity index is 2.07. The normalized spacial score (nSPS) is 17.6. The first-order valence-electron chi connectivity index (χ1n) is 6.65. The minimum absolute atomic E-state index is 0.0710. The van der Waals surface area contributed by atoms with Crippen LogP contribution < -0.4 is 15.9 Å². The number of aryl methyl sites for hydroxylation is 1. The molecule has 1 fully saturated rings. The topological polar surface area (TPSA) is 77.1 Å². The molecule has 0 spiro atoms. The lowest BCUT2D eigenvalue weighted by atomic mass is 9.98. The lowest BCUT2D eigenvalue weighted by Gasteiger charge is -2.28. The summed E-state index contributed by atoms with van der Waals surface area (Å²) in [5.74, 6) is -0.115. The molecule has 1 aliphatic rings. The molecule has 1 aromatic rings. The third kappa shape index (κ3) is 2.90. The smallest absolute Gasteiger partial charge is 0.308 e.